The van der Waals surface area contributed by atoms with Crippen LogP contribution in [0.25, 0.3) is 5.78 Å². The molecule has 0 spiro atoms. The highest BCUT2D eigenvalue weighted by Gasteiger charge is 2.22. The minimum Gasteiger partial charge on any atom is -0.347 e. The number of nitrogens with one attached hydrogen (secondary N) is 1. The minimum atomic E-state index is -0.197. The summed E-state index contributed by atoms with van der Waals surface area (Å²) in [5, 5.41) is 7.31. The molecule has 0 atom stereocenters. The minimum absolute atomic E-state index is 0.197. The molecule has 0 bridgehead atoms. The van der Waals surface area contributed by atoms with Crippen LogP contribution in [0.5, 0.6) is 0 Å². The van der Waals surface area contributed by atoms with Crippen LogP contribution < -0.4 is 5.32 Å². The van der Waals surface area contributed by atoms with Gasteiger partial charge in [-0.2, -0.15) is 4.98 Å². The molecule has 0 aliphatic heterocycles. The molecule has 2 aromatic rings. The van der Waals surface area contributed by atoms with Gasteiger partial charge in [-0.1, -0.05) is 6.92 Å². The number of fused-ring (bicyclic) bond motifs is 1. The van der Waals surface area contributed by atoms with Gasteiger partial charge in [0.15, 0.2) is 0 Å². The van der Waals surface area contributed by atoms with Crippen LogP contribution in [0.4, 0.5) is 0 Å². The van der Waals surface area contributed by atoms with E-state index < -0.39 is 0 Å². The number of aryl methyl sites for hydroxylation is 2. The van der Waals surface area contributed by atoms with E-state index in [0.717, 1.165) is 30.1 Å². The molecular formula is C15H21N5O. The Bertz CT molecular complexity index is 670. The molecule has 1 aliphatic rings. The van der Waals surface area contributed by atoms with Crippen molar-refractivity contribution in [3.63, 3.8) is 0 Å². The molecular weight excluding hydrogens is 266 g/mol. The maximum atomic E-state index is 12.3. The lowest BCUT2D eigenvalue weighted by molar-refractivity contribution is 0.0912. The number of aromatic nitrogens is 4. The second-order valence-corrected chi connectivity index (χ2v) is 6.12. The molecule has 0 aromatic carbocycles. The summed E-state index contributed by atoms with van der Waals surface area (Å²) in [4.78, 5) is 20.8. The fraction of sp³-hybridized carbons (Fsp3) is 0.600. The van der Waals surface area contributed by atoms with Gasteiger partial charge in [0.1, 0.15) is 0 Å². The van der Waals surface area contributed by atoms with Crippen LogP contribution in [-0.4, -0.2) is 31.5 Å². The van der Waals surface area contributed by atoms with Crippen LogP contribution in [0.1, 0.15) is 54.6 Å². The Morgan fingerprint density at radius 2 is 1.95 bits per heavy atom. The topological polar surface area (TPSA) is 72.2 Å². The Hall–Kier alpha value is -1.98. The number of carbonyl (C=O) groups is 1. The van der Waals surface area contributed by atoms with Gasteiger partial charge in [0.2, 0.25) is 5.82 Å². The summed E-state index contributed by atoms with van der Waals surface area (Å²) in [5.74, 6) is 1.25. The van der Waals surface area contributed by atoms with E-state index in [2.05, 4.69) is 27.3 Å². The lowest BCUT2D eigenvalue weighted by atomic mass is 9.87. The van der Waals surface area contributed by atoms with Crippen LogP contribution in [0.3, 0.4) is 0 Å². The summed E-state index contributed by atoms with van der Waals surface area (Å²) in [7, 11) is 0. The third-order valence-corrected chi connectivity index (χ3v) is 4.17. The van der Waals surface area contributed by atoms with E-state index in [1.165, 1.54) is 12.8 Å². The van der Waals surface area contributed by atoms with Gasteiger partial charge in [-0.05, 0) is 51.5 Å². The monoisotopic (exact) mass is 287 g/mol. The number of hydrogen-bond donors (Lipinski definition) is 1. The summed E-state index contributed by atoms with van der Waals surface area (Å²) in [6.45, 7) is 6.10. The van der Waals surface area contributed by atoms with Gasteiger partial charge in [-0.25, -0.2) is 9.50 Å². The number of nitrogens with zero attached hydrogens (tertiary/aromatic N) is 4. The Labute approximate surface area is 124 Å². The third kappa shape index (κ3) is 2.89. The van der Waals surface area contributed by atoms with E-state index in [0.29, 0.717) is 5.78 Å². The van der Waals surface area contributed by atoms with Crippen molar-refractivity contribution in [3.05, 3.63) is 23.3 Å². The first kappa shape index (κ1) is 14.0. The third-order valence-electron chi connectivity index (χ3n) is 4.17. The highest BCUT2D eigenvalue weighted by Crippen LogP contribution is 2.23. The first-order valence-electron chi connectivity index (χ1n) is 7.55. The van der Waals surface area contributed by atoms with E-state index >= 15 is 0 Å². The Morgan fingerprint density at radius 3 is 2.67 bits per heavy atom. The second kappa shape index (κ2) is 5.42. The maximum absolute atomic E-state index is 12.3. The van der Waals surface area contributed by atoms with Gasteiger partial charge >= 0.3 is 0 Å². The number of carbonyl (C=O) groups excluding carboxylic acids is 1. The van der Waals surface area contributed by atoms with E-state index in [4.69, 9.17) is 0 Å². The fourth-order valence-electron chi connectivity index (χ4n) is 2.92. The van der Waals surface area contributed by atoms with Crippen LogP contribution in [-0.2, 0) is 0 Å². The molecule has 3 rings (SSSR count). The van der Waals surface area contributed by atoms with Crippen molar-refractivity contribution >= 4 is 11.7 Å². The molecule has 0 radical (unpaired) electrons. The van der Waals surface area contributed by atoms with Gasteiger partial charge in [-0.15, -0.1) is 5.10 Å². The molecule has 0 unspecified atom stereocenters. The molecule has 6 nitrogen and oxygen atoms in total. The molecule has 1 saturated carbocycles. The van der Waals surface area contributed by atoms with Gasteiger partial charge < -0.3 is 5.32 Å². The van der Waals surface area contributed by atoms with Crippen molar-refractivity contribution in [1.82, 2.24) is 24.9 Å². The van der Waals surface area contributed by atoms with Crippen molar-refractivity contribution in [2.75, 3.05) is 0 Å². The SMILES string of the molecule is Cc1cc(C)n2nc(C(=O)NC3CCC(C)CC3)nc2n1. The molecule has 1 amide bonds. The molecule has 112 valence electrons. The highest BCUT2D eigenvalue weighted by molar-refractivity contribution is 5.91. The van der Waals surface area contributed by atoms with E-state index in [1.54, 1.807) is 4.52 Å². The van der Waals surface area contributed by atoms with Crippen molar-refractivity contribution in [1.29, 1.82) is 0 Å². The summed E-state index contributed by atoms with van der Waals surface area (Å²) in [5.41, 5.74) is 1.80. The molecule has 21 heavy (non-hydrogen) atoms. The smallest absolute Gasteiger partial charge is 0.291 e. The average Bonchev–Trinajstić information content (AvgIpc) is 2.85. The Morgan fingerprint density at radius 1 is 1.24 bits per heavy atom. The van der Waals surface area contributed by atoms with Crippen molar-refractivity contribution < 1.29 is 4.79 Å². The van der Waals surface area contributed by atoms with E-state index in [-0.39, 0.29) is 17.8 Å². The standard InChI is InChI=1S/C15H21N5O/c1-9-4-6-12(7-5-9)17-14(21)13-18-15-16-10(2)8-11(3)20(15)19-13/h8-9,12H,4-7H2,1-3H3,(H,17,21). The summed E-state index contributed by atoms with van der Waals surface area (Å²) < 4.78 is 1.62. The molecule has 1 fully saturated rings. The average molecular weight is 287 g/mol. The summed E-state index contributed by atoms with van der Waals surface area (Å²) in [6, 6.07) is 2.17. The van der Waals surface area contributed by atoms with Crippen molar-refractivity contribution in [3.8, 4) is 0 Å². The molecule has 1 N–H and O–H groups in total. The van der Waals surface area contributed by atoms with Gasteiger partial charge in [-0.3, -0.25) is 4.79 Å². The van der Waals surface area contributed by atoms with E-state index in [1.807, 2.05) is 19.9 Å². The maximum Gasteiger partial charge on any atom is 0.291 e. The van der Waals surface area contributed by atoms with Crippen LogP contribution in [0.15, 0.2) is 6.07 Å². The largest absolute Gasteiger partial charge is 0.347 e. The lowest BCUT2D eigenvalue weighted by Crippen LogP contribution is -2.37. The molecule has 0 saturated heterocycles. The predicted octanol–water partition coefficient (Wildman–Crippen LogP) is 2.05. The number of amides is 1. The molecule has 1 aliphatic carbocycles. The normalized spacial score (nSPS) is 22.4. The Balaban J connectivity index is 1.77. The molecule has 2 heterocycles. The fourth-order valence-corrected chi connectivity index (χ4v) is 2.92. The van der Waals surface area contributed by atoms with Crippen LogP contribution in [0.2, 0.25) is 0 Å². The zero-order valence-electron chi connectivity index (χ0n) is 12.8. The number of rotatable bonds is 2. The zero-order valence-corrected chi connectivity index (χ0v) is 12.8. The van der Waals surface area contributed by atoms with Gasteiger partial charge in [0.25, 0.3) is 11.7 Å². The summed E-state index contributed by atoms with van der Waals surface area (Å²) >= 11 is 0. The quantitative estimate of drug-likeness (QED) is 0.917. The van der Waals surface area contributed by atoms with Gasteiger partial charge in [0.05, 0.1) is 0 Å². The molecule has 6 heteroatoms. The summed E-state index contributed by atoms with van der Waals surface area (Å²) in [6.07, 6.45) is 4.42. The predicted molar refractivity (Wildman–Crippen MR) is 79.1 cm³/mol. The van der Waals surface area contributed by atoms with Crippen molar-refractivity contribution in [2.24, 2.45) is 5.92 Å². The first-order chi connectivity index (χ1) is 10.0. The zero-order chi connectivity index (χ0) is 15.0. The second-order valence-electron chi connectivity index (χ2n) is 6.12. The van der Waals surface area contributed by atoms with Crippen molar-refractivity contribution in [2.45, 2.75) is 52.5 Å². The van der Waals surface area contributed by atoms with E-state index in [9.17, 15) is 4.79 Å². The number of hydrogen-bond acceptors (Lipinski definition) is 4. The first-order valence-corrected chi connectivity index (χ1v) is 7.55. The highest BCUT2D eigenvalue weighted by atomic mass is 16.2. The lowest BCUT2D eigenvalue weighted by Gasteiger charge is -2.26. The van der Waals surface area contributed by atoms with Crippen LogP contribution in [0, 0.1) is 19.8 Å². The Kier molecular flexibility index (Phi) is 3.61. The van der Waals surface area contributed by atoms with Gasteiger partial charge in [0, 0.05) is 17.4 Å². The molecule has 2 aromatic heterocycles. The van der Waals surface area contributed by atoms with Crippen LogP contribution >= 0.6 is 0 Å².